The highest BCUT2D eigenvalue weighted by Gasteiger charge is 2.71. The van der Waals surface area contributed by atoms with E-state index in [1.807, 2.05) is 0 Å². The Bertz CT molecular complexity index is 2850. The molecule has 1 spiro atoms. The maximum absolute atomic E-state index is 2.56. The third-order valence-corrected chi connectivity index (χ3v) is 17.4. The van der Waals surface area contributed by atoms with Crippen LogP contribution in [0.25, 0.3) is 38.6 Å². The fourth-order valence-corrected chi connectivity index (χ4v) is 13.9. The Kier molecular flexibility index (Phi) is 8.01. The summed E-state index contributed by atoms with van der Waals surface area (Å²) in [6, 6.07) is 51.7. The van der Waals surface area contributed by atoms with Gasteiger partial charge in [0.15, 0.2) is 0 Å². The minimum absolute atomic E-state index is 0.0511. The van der Waals surface area contributed by atoms with Gasteiger partial charge in [0.25, 0.3) is 0 Å². The highest BCUT2D eigenvalue weighted by molar-refractivity contribution is 6.10. The Hall–Kier alpha value is -5.08. The normalized spacial score (nSPS) is 26.6. The Balaban J connectivity index is 1.02. The van der Waals surface area contributed by atoms with Crippen molar-refractivity contribution in [1.82, 2.24) is 4.57 Å². The van der Waals surface area contributed by atoms with Crippen molar-refractivity contribution in [2.45, 2.75) is 116 Å². The lowest BCUT2D eigenvalue weighted by Crippen LogP contribution is -2.60. The summed E-state index contributed by atoms with van der Waals surface area (Å²) in [6.07, 6.45) is 9.85. The molecule has 13 rings (SSSR count). The van der Waals surface area contributed by atoms with E-state index in [1.165, 1.54) is 117 Å². The van der Waals surface area contributed by atoms with Crippen LogP contribution in [-0.2, 0) is 16.2 Å². The number of anilines is 3. The lowest BCUT2D eigenvalue weighted by Gasteiger charge is -2.67. The van der Waals surface area contributed by atoms with E-state index in [0.29, 0.717) is 0 Å². The van der Waals surface area contributed by atoms with Crippen molar-refractivity contribution in [3.8, 4) is 16.8 Å². The van der Waals surface area contributed by atoms with Gasteiger partial charge in [0, 0.05) is 33.5 Å². The van der Waals surface area contributed by atoms with Gasteiger partial charge in [-0.05, 0) is 190 Å². The van der Waals surface area contributed by atoms with Crippen LogP contribution in [0.15, 0.2) is 133 Å². The third-order valence-electron chi connectivity index (χ3n) is 17.4. The minimum atomic E-state index is 0.0511. The second-order valence-electron chi connectivity index (χ2n) is 22.6. The maximum Gasteiger partial charge on any atom is 0.0561 e. The van der Waals surface area contributed by atoms with Crippen LogP contribution in [0, 0.1) is 29.1 Å². The first-order valence-corrected chi connectivity index (χ1v) is 23.6. The van der Waals surface area contributed by atoms with Crippen LogP contribution in [0.4, 0.5) is 17.1 Å². The summed E-state index contributed by atoms with van der Waals surface area (Å²) >= 11 is 0. The van der Waals surface area contributed by atoms with E-state index in [1.54, 1.807) is 5.56 Å². The van der Waals surface area contributed by atoms with Crippen LogP contribution in [0.2, 0.25) is 0 Å². The molecule has 2 heteroatoms. The molecule has 2 nitrogen and oxygen atoms in total. The van der Waals surface area contributed by atoms with Crippen LogP contribution < -0.4 is 4.90 Å². The minimum Gasteiger partial charge on any atom is -0.310 e. The first-order chi connectivity index (χ1) is 29.3. The van der Waals surface area contributed by atoms with Gasteiger partial charge in [-0.3, -0.25) is 0 Å². The van der Waals surface area contributed by atoms with Crippen LogP contribution >= 0.6 is 0 Å². The van der Waals surface area contributed by atoms with Gasteiger partial charge in [-0.15, -0.1) is 0 Å². The lowest BCUT2D eigenvalue weighted by atomic mass is 9.37. The summed E-state index contributed by atoms with van der Waals surface area (Å²) in [5, 5.41) is 2.62. The zero-order valence-corrected chi connectivity index (χ0v) is 37.4. The Labute approximate surface area is 364 Å². The van der Waals surface area contributed by atoms with Crippen molar-refractivity contribution in [2.24, 2.45) is 29.1 Å². The molecule has 1 heterocycles. The highest BCUT2D eigenvalue weighted by Crippen LogP contribution is 2.80. The molecule has 5 fully saturated rings. The second-order valence-corrected chi connectivity index (χ2v) is 22.6. The number of aromatic nitrogens is 1. The lowest BCUT2D eigenvalue weighted by molar-refractivity contribution is -0.177. The van der Waals surface area contributed by atoms with Gasteiger partial charge in [-0.25, -0.2) is 0 Å². The second kappa shape index (κ2) is 13.0. The number of nitrogens with zero attached hydrogens (tertiary/aromatic N) is 2. The summed E-state index contributed by atoms with van der Waals surface area (Å²) in [5.74, 6) is 4.62. The molecule has 6 unspecified atom stereocenters. The van der Waals surface area contributed by atoms with Gasteiger partial charge >= 0.3 is 0 Å². The van der Waals surface area contributed by atoms with Crippen molar-refractivity contribution in [1.29, 1.82) is 0 Å². The Morgan fingerprint density at radius 1 is 0.574 bits per heavy atom. The average Bonchev–Trinajstić information content (AvgIpc) is 3.64. The Morgan fingerprint density at radius 3 is 1.98 bits per heavy atom. The van der Waals surface area contributed by atoms with Crippen molar-refractivity contribution in [3.63, 3.8) is 0 Å². The number of rotatable bonds is 6. The molecule has 5 saturated carbocycles. The van der Waals surface area contributed by atoms with Crippen molar-refractivity contribution in [2.75, 3.05) is 4.90 Å². The molecule has 61 heavy (non-hydrogen) atoms. The third kappa shape index (κ3) is 5.65. The van der Waals surface area contributed by atoms with Crippen LogP contribution in [-0.4, -0.2) is 4.57 Å². The van der Waals surface area contributed by atoms with Gasteiger partial charge in [0.1, 0.15) is 0 Å². The summed E-state index contributed by atoms with van der Waals surface area (Å²) in [6.45, 7) is 16.7. The van der Waals surface area contributed by atoms with Crippen LogP contribution in [0.1, 0.15) is 122 Å². The number of fused-ring (bicyclic) bond motifs is 5. The SMILES string of the molecule is CC(C)(C)c1ccc2c(c1)c1ccc(N(c3ccc(-c4ccccc4)cc3)c3ccc(C4CC5CC6CC7C4CC67C5)cc3)cc1n2-c1ccc2c(c1)C(C)(C)CCC2(C)C. The van der Waals surface area contributed by atoms with Crippen molar-refractivity contribution >= 4 is 38.9 Å². The molecule has 0 aliphatic heterocycles. The molecular formula is C59H62N2. The molecule has 308 valence electrons. The van der Waals surface area contributed by atoms with Gasteiger partial charge in [0.05, 0.1) is 11.0 Å². The van der Waals surface area contributed by atoms with E-state index in [2.05, 4.69) is 191 Å². The van der Waals surface area contributed by atoms with Crippen LogP contribution in [0.5, 0.6) is 0 Å². The summed E-state index contributed by atoms with van der Waals surface area (Å²) in [4.78, 5) is 2.50. The fourth-order valence-electron chi connectivity index (χ4n) is 13.9. The quantitative estimate of drug-likeness (QED) is 0.163. The molecule has 0 N–H and O–H groups in total. The molecule has 6 aliphatic rings. The zero-order chi connectivity index (χ0) is 41.6. The number of benzene rings is 6. The molecule has 0 radical (unpaired) electrons. The van der Waals surface area contributed by atoms with E-state index < -0.39 is 0 Å². The van der Waals surface area contributed by atoms with E-state index in [-0.39, 0.29) is 16.2 Å². The molecule has 6 atom stereocenters. The average molecular weight is 799 g/mol. The molecule has 3 bridgehead atoms. The van der Waals surface area contributed by atoms with E-state index in [4.69, 9.17) is 0 Å². The first-order valence-electron chi connectivity index (χ1n) is 23.6. The van der Waals surface area contributed by atoms with E-state index in [9.17, 15) is 0 Å². The van der Waals surface area contributed by atoms with Gasteiger partial charge in [-0.1, -0.05) is 121 Å². The fraction of sp³-hybridized carbons (Fsp3) is 0.390. The first kappa shape index (κ1) is 37.7. The monoisotopic (exact) mass is 798 g/mol. The summed E-state index contributed by atoms with van der Waals surface area (Å²) in [7, 11) is 0. The molecule has 7 aromatic rings. The highest BCUT2D eigenvalue weighted by atomic mass is 15.1. The summed E-state index contributed by atoms with van der Waals surface area (Å²) in [5.41, 5.74) is 16.9. The molecule has 1 aromatic heterocycles. The van der Waals surface area contributed by atoms with E-state index >= 15 is 0 Å². The maximum atomic E-state index is 2.56. The predicted octanol–water partition coefficient (Wildman–Crippen LogP) is 16.1. The molecule has 6 aromatic carbocycles. The number of hydrogen-bond acceptors (Lipinski definition) is 1. The molecular weight excluding hydrogens is 737 g/mol. The standard InChI is InChI=1S/C59H62N2/c1-56(2,3)41-17-26-54-49(31-41)47-24-22-46(34-55(47)61(54)45-23-25-51-53(33-45)58(6,7)28-27-57(51,4)5)60(43-18-13-39(14-19-43)38-11-9-8-10-12-38)44-20-15-40(16-21-44)48-30-37-29-42-32-52-50(48)36-59(42,52)35-37/h8-26,31,33-34,37,42,48,50,52H,27-30,32,35-36H2,1-7H3. The van der Waals surface area contributed by atoms with Crippen molar-refractivity contribution < 1.29 is 0 Å². The van der Waals surface area contributed by atoms with E-state index in [0.717, 1.165) is 35.0 Å². The Morgan fingerprint density at radius 2 is 1.26 bits per heavy atom. The largest absolute Gasteiger partial charge is 0.310 e. The number of hydrogen-bond donors (Lipinski definition) is 0. The van der Waals surface area contributed by atoms with Crippen LogP contribution in [0.3, 0.4) is 0 Å². The zero-order valence-electron chi connectivity index (χ0n) is 37.4. The topological polar surface area (TPSA) is 8.17 Å². The van der Waals surface area contributed by atoms with Gasteiger partial charge in [0.2, 0.25) is 0 Å². The van der Waals surface area contributed by atoms with Gasteiger partial charge < -0.3 is 9.47 Å². The summed E-state index contributed by atoms with van der Waals surface area (Å²) < 4.78 is 2.56. The smallest absolute Gasteiger partial charge is 0.0561 e. The molecule has 6 aliphatic carbocycles. The van der Waals surface area contributed by atoms with Gasteiger partial charge in [-0.2, -0.15) is 0 Å². The predicted molar refractivity (Wildman–Crippen MR) is 257 cm³/mol. The molecule has 0 saturated heterocycles. The molecule has 0 amide bonds. The van der Waals surface area contributed by atoms with Crippen molar-refractivity contribution in [3.05, 3.63) is 156 Å².